The number of hydrogen-bond donors (Lipinski definition) is 8. The molecule has 0 saturated heterocycles. The Hall–Kier alpha value is -5.46. The smallest absolute Gasteiger partial charge is 0.347 e. The van der Waals surface area contributed by atoms with Gasteiger partial charge < -0.3 is 69.3 Å². The van der Waals surface area contributed by atoms with Gasteiger partial charge in [-0.2, -0.15) is 0 Å². The van der Waals surface area contributed by atoms with Gasteiger partial charge in [0.1, 0.15) is 18.8 Å². The molecule has 0 spiro atoms. The number of aliphatic hydroxyl groups excluding tert-OH is 4. The Morgan fingerprint density at radius 1 is 0.282 bits per heavy atom. The van der Waals surface area contributed by atoms with Crippen molar-refractivity contribution in [2.75, 3.05) is 26.4 Å². The zero-order valence-corrected chi connectivity index (χ0v) is 72.1. The summed E-state index contributed by atoms with van der Waals surface area (Å²) >= 11 is 0. The van der Waals surface area contributed by atoms with Crippen LogP contribution in [0.3, 0.4) is 0 Å². The lowest BCUT2D eigenvalue weighted by atomic mass is 9.91. The first-order valence-electron chi connectivity index (χ1n) is 44.3. The monoisotopic (exact) mass is 1800 g/mol. The highest BCUT2D eigenvalue weighted by Crippen LogP contribution is 2.26. The van der Waals surface area contributed by atoms with Crippen LogP contribution in [-0.4, -0.2) is 164 Å². The number of carbonyl (C=O) groups excluding carboxylic acids is 6. The molecule has 0 rings (SSSR count). The standard InChI is InChI=1S/C42H78O8.C23H42O7.C18H36O3.C3H6O3.C2H4O3.12CH4/c1-5-8-11-14-16-17-18-19-20-21-22-23-24-26-28-31-34-47-41(45)37(4)50-40(44)35-48-42(46)38(32-29-27-25-15-12-9-6-2)39(49-36-43)33-30-13-10-7-3;1-4-6-8-10-11-12-13-15-19(20(24)16-14-9-7-5-2)23(28)29-17-21(25)30-18(3)22(26)27;1-3-5-7-9-10-11-12-14-16(18(20)21)17(19)15-13-8-6-4-2;1-2(4)3(5)6;3-1-2(4)5;;;;;;;;;;;;/h36-39H,5-35H2,1-4H3;18-20,24H,4-17H2,1-3H3,(H,26,27);16-17,19H,3-15H2,1-2H3,(H,20,21);2,4H,1H3,(H,5,6);3H,1H2,(H,4,5);12*1H4. The SMILES string of the molecule is C.C.C.C.C.C.C.C.C.C.C.C.CC(O)C(=O)O.CCCCCCCCCC(C(=O)O)C(O)CCCCCC.CCCCCCCCCC(C(=O)OCC(=O)OC(C)C(=O)O)C(O)CCCCCC.CCCCCCCCCCCCCCCCCCOC(=O)C(C)OC(=O)COC(=O)C(CCCCCCCCC)C(CCCCCC)OC=O.O=C(O)CO. The Morgan fingerprint density at radius 2 is 0.516 bits per heavy atom. The van der Waals surface area contributed by atoms with Gasteiger partial charge in [0.15, 0.2) is 25.4 Å². The van der Waals surface area contributed by atoms with Gasteiger partial charge in [0, 0.05) is 0 Å². The third-order valence-electron chi connectivity index (χ3n) is 19.6. The summed E-state index contributed by atoms with van der Waals surface area (Å²) in [5, 5.41) is 69.4. The Morgan fingerprint density at radius 3 is 0.790 bits per heavy atom. The number of esters is 5. The van der Waals surface area contributed by atoms with Gasteiger partial charge in [0.25, 0.3) is 6.47 Å². The maximum absolute atomic E-state index is 13.1. The molecule has 0 aromatic carbocycles. The van der Waals surface area contributed by atoms with E-state index in [4.69, 9.17) is 54.0 Å². The predicted molar refractivity (Wildman–Crippen MR) is 521 cm³/mol. The first-order chi connectivity index (χ1) is 53.8. The van der Waals surface area contributed by atoms with Gasteiger partial charge >= 0.3 is 53.7 Å². The molecule has 0 fully saturated rings. The number of rotatable bonds is 74. The molecule has 8 N–H and O–H groups in total. The molecule has 0 aliphatic rings. The van der Waals surface area contributed by atoms with Crippen LogP contribution >= 0.6 is 0 Å². The van der Waals surface area contributed by atoms with Crippen molar-refractivity contribution in [2.45, 2.75) is 548 Å². The third-order valence-corrected chi connectivity index (χ3v) is 19.6. The van der Waals surface area contributed by atoms with Gasteiger partial charge in [-0.3, -0.25) is 19.2 Å². The highest BCUT2D eigenvalue weighted by molar-refractivity contribution is 5.82. The van der Waals surface area contributed by atoms with Crippen molar-refractivity contribution in [3.05, 3.63) is 0 Å². The zero-order chi connectivity index (χ0) is 85.1. The van der Waals surface area contributed by atoms with Crippen molar-refractivity contribution >= 4 is 60.2 Å². The van der Waals surface area contributed by atoms with E-state index in [1.54, 1.807) is 0 Å². The van der Waals surface area contributed by atoms with Crippen LogP contribution in [-0.2, 0) is 76.4 Å². The normalized spacial score (nSPS) is 12.0. The van der Waals surface area contributed by atoms with Gasteiger partial charge in [0.05, 0.1) is 36.6 Å². The number of carboxylic acid groups (broad SMARTS) is 4. The van der Waals surface area contributed by atoms with Crippen molar-refractivity contribution in [3.8, 4) is 0 Å². The quantitative estimate of drug-likeness (QED) is 0.0121. The van der Waals surface area contributed by atoms with Crippen LogP contribution in [0.25, 0.3) is 0 Å². The second kappa shape index (κ2) is 122. The molecule has 0 aliphatic heterocycles. The summed E-state index contributed by atoms with van der Waals surface area (Å²) in [6.45, 7) is 17.8. The second-order valence-corrected chi connectivity index (χ2v) is 30.2. The van der Waals surface area contributed by atoms with Crippen molar-refractivity contribution in [1.82, 2.24) is 0 Å². The number of unbranched alkanes of at least 4 members (excludes halogenated alkanes) is 42. The first-order valence-corrected chi connectivity index (χ1v) is 44.3. The molecule has 0 radical (unpaired) electrons. The lowest BCUT2D eigenvalue weighted by Crippen LogP contribution is -2.34. The minimum atomic E-state index is -1.30. The van der Waals surface area contributed by atoms with Crippen LogP contribution < -0.4 is 0 Å². The molecule has 0 aliphatic carbocycles. The molecule has 0 aromatic rings. The summed E-state index contributed by atoms with van der Waals surface area (Å²) in [6.07, 6.45) is 54.3. The van der Waals surface area contributed by atoms with Crippen LogP contribution in [0.5, 0.6) is 0 Å². The van der Waals surface area contributed by atoms with E-state index in [2.05, 4.69) is 53.2 Å². The molecule has 0 saturated carbocycles. The Balaban J connectivity index is -0.0000000885. The van der Waals surface area contributed by atoms with E-state index < -0.39 is 128 Å². The maximum Gasteiger partial charge on any atom is 0.347 e. The lowest BCUT2D eigenvalue weighted by Gasteiger charge is -2.24. The van der Waals surface area contributed by atoms with E-state index in [0.717, 1.165) is 141 Å². The number of aliphatic hydroxyl groups is 4. The number of carbonyl (C=O) groups is 10. The summed E-state index contributed by atoms with van der Waals surface area (Å²) in [4.78, 5) is 114. The fraction of sp³-hybridized carbons (Fsp3) is 0.900. The van der Waals surface area contributed by atoms with Crippen LogP contribution in [0.1, 0.15) is 512 Å². The van der Waals surface area contributed by atoms with Crippen molar-refractivity contribution in [1.29, 1.82) is 0 Å². The van der Waals surface area contributed by atoms with Gasteiger partial charge in [-0.25, -0.2) is 28.8 Å². The average Bonchev–Trinajstić information content (AvgIpc) is 0.903. The highest BCUT2D eigenvalue weighted by Gasteiger charge is 2.33. The van der Waals surface area contributed by atoms with E-state index in [1.165, 1.54) is 194 Å². The molecule has 24 nitrogen and oxygen atoms in total. The van der Waals surface area contributed by atoms with Crippen LogP contribution in [0.4, 0.5) is 0 Å². The van der Waals surface area contributed by atoms with Crippen LogP contribution in [0.2, 0.25) is 0 Å². The van der Waals surface area contributed by atoms with E-state index in [9.17, 15) is 58.5 Å². The molecule has 9 atom stereocenters. The predicted octanol–water partition coefficient (Wildman–Crippen LogP) is 27.5. The minimum absolute atomic E-state index is 0. The molecular weight excluding hydrogens is 1590 g/mol. The van der Waals surface area contributed by atoms with Gasteiger partial charge in [-0.15, -0.1) is 0 Å². The minimum Gasteiger partial charge on any atom is -0.481 e. The maximum atomic E-state index is 13.1. The Bertz CT molecular complexity index is 2200. The van der Waals surface area contributed by atoms with E-state index in [0.29, 0.717) is 51.6 Å². The van der Waals surface area contributed by atoms with Crippen LogP contribution in [0.15, 0.2) is 0 Å². The first kappa shape index (κ1) is 159. The molecule has 24 heteroatoms. The van der Waals surface area contributed by atoms with Gasteiger partial charge in [-0.1, -0.05) is 439 Å². The summed E-state index contributed by atoms with van der Waals surface area (Å²) in [5.41, 5.74) is 0. The van der Waals surface area contributed by atoms with Gasteiger partial charge in [-0.05, 0) is 72.1 Å². The van der Waals surface area contributed by atoms with Crippen molar-refractivity contribution < 1.29 is 117 Å². The topological polar surface area (TPSA) is 388 Å². The third kappa shape index (κ3) is 113. The molecule has 9 unspecified atom stereocenters. The molecular formula is C100H214O24. The molecule has 0 heterocycles. The van der Waals surface area contributed by atoms with E-state index in [-0.39, 0.29) is 89.1 Å². The van der Waals surface area contributed by atoms with Crippen molar-refractivity contribution in [3.63, 3.8) is 0 Å². The van der Waals surface area contributed by atoms with Crippen LogP contribution in [0, 0.1) is 17.8 Å². The highest BCUT2D eigenvalue weighted by atomic mass is 16.6. The number of aliphatic carboxylic acids is 4. The average molecular weight is 1800 g/mol. The van der Waals surface area contributed by atoms with Gasteiger partial charge in [0.2, 0.25) is 0 Å². The van der Waals surface area contributed by atoms with Crippen molar-refractivity contribution in [2.24, 2.45) is 17.8 Å². The van der Waals surface area contributed by atoms with E-state index >= 15 is 0 Å². The zero-order valence-electron chi connectivity index (χ0n) is 72.1. The summed E-state index contributed by atoms with van der Waals surface area (Å²) < 4.78 is 30.9. The molecule has 0 amide bonds. The number of carboxylic acids is 4. The molecule has 0 aromatic heterocycles. The molecule has 124 heavy (non-hydrogen) atoms. The largest absolute Gasteiger partial charge is 0.481 e. The second-order valence-electron chi connectivity index (χ2n) is 30.2. The van der Waals surface area contributed by atoms with E-state index in [1.807, 2.05) is 0 Å². The fourth-order valence-corrected chi connectivity index (χ4v) is 12.5. The lowest BCUT2D eigenvalue weighted by molar-refractivity contribution is -0.174. The number of hydrogen-bond acceptors (Lipinski definition) is 20. The summed E-state index contributed by atoms with van der Waals surface area (Å²) in [6, 6.07) is 0. The number of ether oxygens (including phenoxy) is 6. The Kier molecular flexibility index (Phi) is 156. The summed E-state index contributed by atoms with van der Waals surface area (Å²) in [5.74, 6) is -9.88. The Labute approximate surface area is 766 Å². The molecule has 758 valence electrons. The molecule has 0 bridgehead atoms. The summed E-state index contributed by atoms with van der Waals surface area (Å²) in [7, 11) is 0. The fourth-order valence-electron chi connectivity index (χ4n) is 12.5.